The Balaban J connectivity index is 1.25. The van der Waals surface area contributed by atoms with Crippen molar-refractivity contribution < 1.29 is 18.8 Å². The Kier molecular flexibility index (Phi) is 5.96. The van der Waals surface area contributed by atoms with Crippen LogP contribution in [0.15, 0.2) is 45.8 Å². The van der Waals surface area contributed by atoms with Crippen molar-refractivity contribution in [2.24, 2.45) is 0 Å². The molecule has 0 bridgehead atoms. The molecule has 0 radical (unpaired) electrons. The van der Waals surface area contributed by atoms with Crippen LogP contribution in [0.25, 0.3) is 17.0 Å². The molecule has 2 aliphatic rings. The number of nitrogens with one attached hydrogen (secondary N) is 1. The van der Waals surface area contributed by atoms with Gasteiger partial charge in [0.1, 0.15) is 17.0 Å². The standard InChI is InChI=1S/C28H32N6O5/c1-27(2,3)38-26(36)33-13-9-17(10-14-33)21-15-22(35)30-24-20(16-29-34(21)24)23-31-25(39-32-23)28(11-12-28)18-5-7-19(37-4)8-6-18/h5-8,15-17H,9-14H2,1-4H3,(H,30,35). The smallest absolute Gasteiger partial charge is 0.410 e. The summed E-state index contributed by atoms with van der Waals surface area (Å²) < 4.78 is 18.3. The highest BCUT2D eigenvalue weighted by atomic mass is 16.6. The van der Waals surface area contributed by atoms with E-state index in [-0.39, 0.29) is 23.0 Å². The fraction of sp³-hybridized carbons (Fsp3) is 0.464. The van der Waals surface area contributed by atoms with E-state index in [1.807, 2.05) is 45.0 Å². The monoisotopic (exact) mass is 532 g/mol. The van der Waals surface area contributed by atoms with Crippen LogP contribution in [-0.4, -0.2) is 61.5 Å². The molecule has 39 heavy (non-hydrogen) atoms. The number of amides is 1. The van der Waals surface area contributed by atoms with E-state index in [4.69, 9.17) is 19.0 Å². The van der Waals surface area contributed by atoms with Gasteiger partial charge in [-0.3, -0.25) is 4.79 Å². The minimum atomic E-state index is -0.541. The van der Waals surface area contributed by atoms with Gasteiger partial charge in [0.15, 0.2) is 0 Å². The maximum absolute atomic E-state index is 12.7. The van der Waals surface area contributed by atoms with E-state index >= 15 is 0 Å². The molecular weight excluding hydrogens is 500 g/mol. The molecule has 3 aromatic heterocycles. The summed E-state index contributed by atoms with van der Waals surface area (Å²) in [6.45, 7) is 6.66. The Morgan fingerprint density at radius 1 is 1.15 bits per heavy atom. The minimum absolute atomic E-state index is 0.0619. The second-order valence-corrected chi connectivity index (χ2v) is 11.4. The lowest BCUT2D eigenvalue weighted by Gasteiger charge is -2.33. The zero-order chi connectivity index (χ0) is 27.4. The fourth-order valence-electron chi connectivity index (χ4n) is 5.34. The number of H-pyrrole nitrogens is 1. The molecule has 1 aliphatic carbocycles. The van der Waals surface area contributed by atoms with Crippen molar-refractivity contribution in [1.82, 2.24) is 29.6 Å². The normalized spacial score (nSPS) is 17.4. The van der Waals surface area contributed by atoms with Crippen LogP contribution in [0.5, 0.6) is 5.75 Å². The average Bonchev–Trinajstić information content (AvgIpc) is 3.37. The summed E-state index contributed by atoms with van der Waals surface area (Å²) in [5.41, 5.74) is 1.95. The van der Waals surface area contributed by atoms with Crippen molar-refractivity contribution in [2.75, 3.05) is 20.2 Å². The number of piperidine rings is 1. The Morgan fingerprint density at radius 2 is 1.87 bits per heavy atom. The number of benzene rings is 1. The topological polar surface area (TPSA) is 128 Å². The van der Waals surface area contributed by atoms with Crippen LogP contribution in [0.1, 0.15) is 69.5 Å². The maximum Gasteiger partial charge on any atom is 0.410 e. The average molecular weight is 533 g/mol. The van der Waals surface area contributed by atoms with Gasteiger partial charge in [0.25, 0.3) is 5.56 Å². The van der Waals surface area contributed by atoms with Crippen molar-refractivity contribution in [2.45, 2.75) is 63.4 Å². The second-order valence-electron chi connectivity index (χ2n) is 11.4. The predicted molar refractivity (Wildman–Crippen MR) is 142 cm³/mol. The van der Waals surface area contributed by atoms with Crippen molar-refractivity contribution in [3.05, 3.63) is 64.0 Å². The molecule has 4 heterocycles. The molecule has 11 nitrogen and oxygen atoms in total. The SMILES string of the molecule is COc1ccc(C2(c3nc(-c4cnn5c(C6CCN(C(=O)OC(C)(C)C)CC6)cc(=O)[nH]c45)no3)CC2)cc1. The number of methoxy groups -OCH3 is 1. The van der Waals surface area contributed by atoms with E-state index in [2.05, 4.69) is 15.2 Å². The Labute approximate surface area is 225 Å². The highest BCUT2D eigenvalue weighted by Gasteiger charge is 2.51. The number of carbonyl (C=O) groups is 1. The number of fused-ring (bicyclic) bond motifs is 1. The van der Waals surface area contributed by atoms with Crippen molar-refractivity contribution in [3.63, 3.8) is 0 Å². The summed E-state index contributed by atoms with van der Waals surface area (Å²) in [6.07, 6.45) is 4.58. The zero-order valence-corrected chi connectivity index (χ0v) is 22.6. The first kappa shape index (κ1) is 25.1. The molecule has 1 amide bonds. The molecule has 0 spiro atoms. The van der Waals surface area contributed by atoms with E-state index in [0.717, 1.165) is 29.8 Å². The number of aromatic amines is 1. The molecular formula is C28H32N6O5. The van der Waals surface area contributed by atoms with E-state index < -0.39 is 5.60 Å². The van der Waals surface area contributed by atoms with Crippen LogP contribution < -0.4 is 10.3 Å². The first-order chi connectivity index (χ1) is 18.7. The number of ether oxygens (including phenoxy) is 2. The molecule has 11 heteroatoms. The van der Waals surface area contributed by atoms with E-state index in [9.17, 15) is 9.59 Å². The summed E-state index contributed by atoms with van der Waals surface area (Å²) in [7, 11) is 1.64. The molecule has 1 saturated heterocycles. The first-order valence-corrected chi connectivity index (χ1v) is 13.2. The lowest BCUT2D eigenvalue weighted by molar-refractivity contribution is 0.0203. The van der Waals surface area contributed by atoms with E-state index in [0.29, 0.717) is 48.9 Å². The predicted octanol–water partition coefficient (Wildman–Crippen LogP) is 4.28. The van der Waals surface area contributed by atoms with Gasteiger partial charge in [-0.1, -0.05) is 17.3 Å². The first-order valence-electron chi connectivity index (χ1n) is 13.2. The van der Waals surface area contributed by atoms with E-state index in [1.54, 1.807) is 28.8 Å². The largest absolute Gasteiger partial charge is 0.497 e. The number of hydrogen-bond donors (Lipinski definition) is 1. The maximum atomic E-state index is 12.7. The van der Waals surface area contributed by atoms with Crippen molar-refractivity contribution >= 4 is 11.7 Å². The van der Waals surface area contributed by atoms with Crippen molar-refractivity contribution in [1.29, 1.82) is 0 Å². The summed E-state index contributed by atoms with van der Waals surface area (Å²) >= 11 is 0. The highest BCUT2D eigenvalue weighted by Crippen LogP contribution is 2.53. The van der Waals surface area contributed by atoms with Gasteiger partial charge in [0, 0.05) is 25.1 Å². The molecule has 1 aliphatic heterocycles. The minimum Gasteiger partial charge on any atom is -0.497 e. The van der Waals surface area contributed by atoms with Crippen LogP contribution in [0, 0.1) is 0 Å². The number of nitrogens with zero attached hydrogens (tertiary/aromatic N) is 5. The number of carbonyl (C=O) groups excluding carboxylic acids is 1. The number of aromatic nitrogens is 5. The quantitative estimate of drug-likeness (QED) is 0.404. The Morgan fingerprint density at radius 3 is 2.51 bits per heavy atom. The van der Waals surface area contributed by atoms with Crippen LogP contribution in [0.2, 0.25) is 0 Å². The van der Waals surface area contributed by atoms with Gasteiger partial charge in [0.2, 0.25) is 11.7 Å². The van der Waals surface area contributed by atoms with Crippen molar-refractivity contribution in [3.8, 4) is 17.1 Å². The van der Waals surface area contributed by atoms with Gasteiger partial charge >= 0.3 is 6.09 Å². The molecule has 0 atom stereocenters. The third-order valence-electron chi connectivity index (χ3n) is 7.57. The molecule has 1 aromatic carbocycles. The highest BCUT2D eigenvalue weighted by molar-refractivity contribution is 5.72. The third-order valence-corrected chi connectivity index (χ3v) is 7.57. The molecule has 0 unspecified atom stereocenters. The number of likely N-dealkylation sites (tertiary alicyclic amines) is 1. The van der Waals surface area contributed by atoms with Gasteiger partial charge in [-0.2, -0.15) is 10.1 Å². The zero-order valence-electron chi connectivity index (χ0n) is 22.6. The Bertz CT molecular complexity index is 1570. The molecule has 1 N–H and O–H groups in total. The van der Waals surface area contributed by atoms with E-state index in [1.165, 1.54) is 0 Å². The van der Waals surface area contributed by atoms with Crippen LogP contribution in [0.4, 0.5) is 4.79 Å². The summed E-state index contributed by atoms with van der Waals surface area (Å²) in [6, 6.07) is 9.51. The number of rotatable bonds is 5. The summed E-state index contributed by atoms with van der Waals surface area (Å²) in [4.78, 5) is 34.6. The Hall–Kier alpha value is -4.15. The second kappa shape index (κ2) is 9.25. The molecule has 2 fully saturated rings. The molecule has 6 rings (SSSR count). The molecule has 204 valence electrons. The van der Waals surface area contributed by atoms with Gasteiger partial charge < -0.3 is 23.9 Å². The van der Waals surface area contributed by atoms with Crippen LogP contribution in [-0.2, 0) is 10.2 Å². The molecule has 1 saturated carbocycles. The van der Waals surface area contributed by atoms with Crippen LogP contribution >= 0.6 is 0 Å². The third kappa shape index (κ3) is 4.66. The summed E-state index contributed by atoms with van der Waals surface area (Å²) in [5, 5.41) is 8.84. The van der Waals surface area contributed by atoms with Gasteiger partial charge in [-0.15, -0.1) is 0 Å². The number of hydrogen-bond acceptors (Lipinski definition) is 8. The molecule has 4 aromatic rings. The van der Waals surface area contributed by atoms with Gasteiger partial charge in [0.05, 0.1) is 30.0 Å². The van der Waals surface area contributed by atoms with Gasteiger partial charge in [-0.05, 0) is 64.2 Å². The lowest BCUT2D eigenvalue weighted by atomic mass is 9.93. The summed E-state index contributed by atoms with van der Waals surface area (Å²) in [5.74, 6) is 1.79. The van der Waals surface area contributed by atoms with Crippen LogP contribution in [0.3, 0.4) is 0 Å². The fourth-order valence-corrected chi connectivity index (χ4v) is 5.34. The van der Waals surface area contributed by atoms with Gasteiger partial charge in [-0.25, -0.2) is 9.31 Å². The lowest BCUT2D eigenvalue weighted by Crippen LogP contribution is -2.41.